The Morgan fingerprint density at radius 3 is 2.72 bits per heavy atom. The molecule has 1 atom stereocenters. The Kier molecular flexibility index (Phi) is 4.79. The summed E-state index contributed by atoms with van der Waals surface area (Å²) in [6.45, 7) is 1.75. The highest BCUT2D eigenvalue weighted by atomic mass is 19.1. The molecular weight excluding hydrogens is 239 g/mol. The molecular formula is C12H15FN2O3. The van der Waals surface area contributed by atoms with Crippen molar-refractivity contribution in [3.8, 4) is 0 Å². The van der Waals surface area contributed by atoms with E-state index in [9.17, 15) is 14.0 Å². The molecule has 6 heteroatoms. The Hall–Kier alpha value is -1.95. The van der Waals surface area contributed by atoms with Crippen LogP contribution in [0, 0.1) is 12.7 Å². The SMILES string of the molecule is Cc1ccc(CNC(=O)C(N)CC(=O)O)cc1F. The first-order chi connectivity index (χ1) is 8.40. The molecule has 0 radical (unpaired) electrons. The van der Waals surface area contributed by atoms with Gasteiger partial charge in [0.2, 0.25) is 5.91 Å². The van der Waals surface area contributed by atoms with Gasteiger partial charge in [-0.1, -0.05) is 12.1 Å². The summed E-state index contributed by atoms with van der Waals surface area (Å²) in [6, 6.07) is 3.51. The summed E-state index contributed by atoms with van der Waals surface area (Å²) in [5.41, 5.74) is 6.48. The van der Waals surface area contributed by atoms with Crippen molar-refractivity contribution in [2.75, 3.05) is 0 Å². The fraction of sp³-hybridized carbons (Fsp3) is 0.333. The van der Waals surface area contributed by atoms with Crippen LogP contribution in [0.5, 0.6) is 0 Å². The number of nitrogens with one attached hydrogen (secondary N) is 1. The lowest BCUT2D eigenvalue weighted by molar-refractivity contribution is -0.139. The largest absolute Gasteiger partial charge is 0.481 e. The van der Waals surface area contributed by atoms with Crippen LogP contribution >= 0.6 is 0 Å². The molecule has 5 nitrogen and oxygen atoms in total. The molecule has 0 spiro atoms. The van der Waals surface area contributed by atoms with Gasteiger partial charge in [-0.15, -0.1) is 0 Å². The third-order valence-electron chi connectivity index (χ3n) is 2.43. The lowest BCUT2D eigenvalue weighted by Gasteiger charge is -2.10. The summed E-state index contributed by atoms with van der Waals surface area (Å²) in [7, 11) is 0. The zero-order valence-corrected chi connectivity index (χ0v) is 9.94. The molecule has 0 fully saturated rings. The van der Waals surface area contributed by atoms with Crippen LogP contribution in [0.25, 0.3) is 0 Å². The van der Waals surface area contributed by atoms with Crippen molar-refractivity contribution >= 4 is 11.9 Å². The summed E-state index contributed by atoms with van der Waals surface area (Å²) >= 11 is 0. The van der Waals surface area contributed by atoms with Crippen molar-refractivity contribution in [2.24, 2.45) is 5.73 Å². The highest BCUT2D eigenvalue weighted by molar-refractivity contribution is 5.85. The van der Waals surface area contributed by atoms with Crippen LogP contribution in [0.15, 0.2) is 18.2 Å². The first kappa shape index (κ1) is 14.1. The van der Waals surface area contributed by atoms with E-state index in [2.05, 4.69) is 5.32 Å². The van der Waals surface area contributed by atoms with Gasteiger partial charge in [0.15, 0.2) is 0 Å². The number of rotatable bonds is 5. The molecule has 1 aromatic carbocycles. The molecule has 0 heterocycles. The number of carbonyl (C=O) groups excluding carboxylic acids is 1. The van der Waals surface area contributed by atoms with Gasteiger partial charge in [-0.25, -0.2) is 4.39 Å². The number of carbonyl (C=O) groups is 2. The van der Waals surface area contributed by atoms with Crippen molar-refractivity contribution in [3.05, 3.63) is 35.1 Å². The molecule has 0 saturated carbocycles. The van der Waals surface area contributed by atoms with Crippen LogP contribution in [-0.2, 0) is 16.1 Å². The molecule has 98 valence electrons. The monoisotopic (exact) mass is 254 g/mol. The van der Waals surface area contributed by atoms with Crippen LogP contribution in [0.2, 0.25) is 0 Å². The normalized spacial score (nSPS) is 11.9. The average Bonchev–Trinajstić information content (AvgIpc) is 2.29. The Morgan fingerprint density at radius 1 is 1.50 bits per heavy atom. The maximum atomic E-state index is 13.2. The van der Waals surface area contributed by atoms with Gasteiger partial charge in [0.25, 0.3) is 0 Å². The summed E-state index contributed by atoms with van der Waals surface area (Å²) in [6.07, 6.45) is -0.436. The molecule has 1 aromatic rings. The Labute approximate surface area is 104 Å². The number of carboxylic acid groups (broad SMARTS) is 1. The minimum absolute atomic E-state index is 0.114. The van der Waals surface area contributed by atoms with Crippen molar-refractivity contribution in [1.29, 1.82) is 0 Å². The summed E-state index contributed by atoms with van der Waals surface area (Å²) in [5.74, 6) is -2.06. The zero-order valence-electron chi connectivity index (χ0n) is 9.94. The van der Waals surface area contributed by atoms with Gasteiger partial charge in [-0.3, -0.25) is 9.59 Å². The third kappa shape index (κ3) is 4.14. The van der Waals surface area contributed by atoms with Gasteiger partial charge in [0, 0.05) is 6.54 Å². The van der Waals surface area contributed by atoms with E-state index in [1.807, 2.05) is 0 Å². The van der Waals surface area contributed by atoms with Gasteiger partial charge in [-0.2, -0.15) is 0 Å². The van der Waals surface area contributed by atoms with E-state index >= 15 is 0 Å². The lowest BCUT2D eigenvalue weighted by atomic mass is 10.1. The second-order valence-electron chi connectivity index (χ2n) is 4.01. The number of nitrogens with two attached hydrogens (primary N) is 1. The minimum atomic E-state index is -1.14. The van der Waals surface area contributed by atoms with Crippen molar-refractivity contribution in [2.45, 2.75) is 25.9 Å². The number of amides is 1. The quantitative estimate of drug-likeness (QED) is 0.715. The first-order valence-corrected chi connectivity index (χ1v) is 5.40. The number of carboxylic acids is 1. The van der Waals surface area contributed by atoms with E-state index < -0.39 is 24.3 Å². The van der Waals surface area contributed by atoms with Crippen LogP contribution in [0.3, 0.4) is 0 Å². The molecule has 18 heavy (non-hydrogen) atoms. The van der Waals surface area contributed by atoms with E-state index in [4.69, 9.17) is 10.8 Å². The average molecular weight is 254 g/mol. The smallest absolute Gasteiger partial charge is 0.305 e. The Morgan fingerprint density at radius 2 is 2.17 bits per heavy atom. The molecule has 0 saturated heterocycles. The van der Waals surface area contributed by atoms with Gasteiger partial charge >= 0.3 is 5.97 Å². The number of hydrogen-bond acceptors (Lipinski definition) is 3. The second kappa shape index (κ2) is 6.11. The summed E-state index contributed by atoms with van der Waals surface area (Å²) in [5, 5.41) is 10.9. The fourth-order valence-electron chi connectivity index (χ4n) is 1.35. The first-order valence-electron chi connectivity index (χ1n) is 5.40. The maximum Gasteiger partial charge on any atom is 0.305 e. The van der Waals surface area contributed by atoms with Crippen LogP contribution in [0.1, 0.15) is 17.5 Å². The van der Waals surface area contributed by atoms with Crippen molar-refractivity contribution in [3.63, 3.8) is 0 Å². The molecule has 0 bridgehead atoms. The van der Waals surface area contributed by atoms with Crippen molar-refractivity contribution in [1.82, 2.24) is 5.32 Å². The number of benzene rings is 1. The zero-order chi connectivity index (χ0) is 13.7. The van der Waals surface area contributed by atoms with Crippen LogP contribution in [0.4, 0.5) is 4.39 Å². The third-order valence-corrected chi connectivity index (χ3v) is 2.43. The molecule has 1 rings (SSSR count). The van der Waals surface area contributed by atoms with Crippen LogP contribution in [-0.4, -0.2) is 23.0 Å². The predicted molar refractivity (Wildman–Crippen MR) is 63.2 cm³/mol. The molecule has 4 N–H and O–H groups in total. The van der Waals surface area contributed by atoms with E-state index in [-0.39, 0.29) is 12.4 Å². The summed E-state index contributed by atoms with van der Waals surface area (Å²) in [4.78, 5) is 21.8. The van der Waals surface area contributed by atoms with E-state index in [1.54, 1.807) is 19.1 Å². The Balaban J connectivity index is 2.52. The lowest BCUT2D eigenvalue weighted by Crippen LogP contribution is -2.41. The van der Waals surface area contributed by atoms with Crippen LogP contribution < -0.4 is 11.1 Å². The molecule has 0 aromatic heterocycles. The number of halogens is 1. The molecule has 0 aliphatic carbocycles. The highest BCUT2D eigenvalue weighted by Gasteiger charge is 2.16. The second-order valence-corrected chi connectivity index (χ2v) is 4.01. The number of hydrogen-bond donors (Lipinski definition) is 3. The van der Waals surface area contributed by atoms with Gasteiger partial charge in [0.05, 0.1) is 12.5 Å². The van der Waals surface area contributed by atoms with Gasteiger partial charge in [-0.05, 0) is 24.1 Å². The van der Waals surface area contributed by atoms with E-state index in [0.29, 0.717) is 11.1 Å². The molecule has 0 aliphatic rings. The number of aryl methyl sites for hydroxylation is 1. The fourth-order valence-corrected chi connectivity index (χ4v) is 1.35. The van der Waals surface area contributed by atoms with Gasteiger partial charge < -0.3 is 16.2 Å². The molecule has 1 amide bonds. The number of aliphatic carboxylic acids is 1. The Bertz CT molecular complexity index is 463. The van der Waals surface area contributed by atoms with Gasteiger partial charge in [0.1, 0.15) is 5.82 Å². The minimum Gasteiger partial charge on any atom is -0.481 e. The van der Waals surface area contributed by atoms with E-state index in [0.717, 1.165) is 0 Å². The molecule has 1 unspecified atom stereocenters. The summed E-state index contributed by atoms with van der Waals surface area (Å²) < 4.78 is 13.2. The van der Waals surface area contributed by atoms with E-state index in [1.165, 1.54) is 6.07 Å². The maximum absolute atomic E-state index is 13.2. The molecule has 0 aliphatic heterocycles. The standard InChI is InChI=1S/C12H15FN2O3/c1-7-2-3-8(4-9(7)13)6-15-12(18)10(14)5-11(16)17/h2-4,10H,5-6,14H2,1H3,(H,15,18)(H,16,17). The highest BCUT2D eigenvalue weighted by Crippen LogP contribution is 2.08. The predicted octanol–water partition coefficient (Wildman–Crippen LogP) is 0.552. The topological polar surface area (TPSA) is 92.4 Å². The van der Waals surface area contributed by atoms with Crippen molar-refractivity contribution < 1.29 is 19.1 Å².